The molecule has 38 heavy (non-hydrogen) atoms. The molecule has 0 fully saturated rings. The minimum Gasteiger partial charge on any atom is -0.376 e. The molecule has 0 saturated carbocycles. The highest BCUT2D eigenvalue weighted by atomic mass is 16.2. The first kappa shape index (κ1) is 27.3. The topological polar surface area (TPSA) is 85.7 Å². The van der Waals surface area contributed by atoms with Gasteiger partial charge in [0.1, 0.15) is 6.54 Å². The zero-order chi connectivity index (χ0) is 27.2. The van der Waals surface area contributed by atoms with Crippen molar-refractivity contribution in [3.63, 3.8) is 0 Å². The lowest BCUT2D eigenvalue weighted by atomic mass is 10.1. The van der Waals surface area contributed by atoms with Crippen LogP contribution in [0.2, 0.25) is 0 Å². The van der Waals surface area contributed by atoms with E-state index in [1.165, 1.54) is 11.1 Å². The number of likely N-dealkylation sites (N-methyl/N-ethyl adjacent to an activating group) is 1. The van der Waals surface area contributed by atoms with Crippen LogP contribution >= 0.6 is 0 Å². The second-order valence-electron chi connectivity index (χ2n) is 10.2. The maximum atomic E-state index is 13.4. The van der Waals surface area contributed by atoms with Gasteiger partial charge >= 0.3 is 0 Å². The van der Waals surface area contributed by atoms with Crippen LogP contribution in [-0.4, -0.2) is 75.8 Å². The van der Waals surface area contributed by atoms with Crippen molar-refractivity contribution in [2.24, 2.45) is 7.05 Å². The number of nitrogens with zero attached hydrogens (tertiary/aromatic N) is 5. The van der Waals surface area contributed by atoms with E-state index in [0.29, 0.717) is 32.2 Å². The molecule has 0 radical (unpaired) electrons. The lowest BCUT2D eigenvalue weighted by Gasteiger charge is -2.31. The summed E-state index contributed by atoms with van der Waals surface area (Å²) in [6, 6.07) is 14.6. The number of nitrogens with one attached hydrogen (secondary N) is 2. The zero-order valence-electron chi connectivity index (χ0n) is 23.1. The Labute approximate surface area is 225 Å². The number of aryl methyl sites for hydroxylation is 2. The molecule has 1 aliphatic rings. The first-order valence-electron chi connectivity index (χ1n) is 13.1. The molecule has 0 spiro atoms. The van der Waals surface area contributed by atoms with Gasteiger partial charge < -0.3 is 15.5 Å². The number of benzene rings is 2. The van der Waals surface area contributed by atoms with Crippen molar-refractivity contribution in [1.29, 1.82) is 0 Å². The van der Waals surface area contributed by atoms with Gasteiger partial charge in [0.25, 0.3) is 5.91 Å². The summed E-state index contributed by atoms with van der Waals surface area (Å²) in [5.41, 5.74) is 6.44. The molecular formula is C29H39N7O2. The Kier molecular flexibility index (Phi) is 8.81. The highest BCUT2D eigenvalue weighted by Crippen LogP contribution is 2.25. The summed E-state index contributed by atoms with van der Waals surface area (Å²) in [7, 11) is 3.67. The molecule has 9 heteroatoms. The van der Waals surface area contributed by atoms with Gasteiger partial charge in [0.05, 0.1) is 12.7 Å². The van der Waals surface area contributed by atoms with E-state index in [2.05, 4.69) is 41.7 Å². The maximum Gasteiger partial charge on any atom is 0.256 e. The smallest absolute Gasteiger partial charge is 0.256 e. The lowest BCUT2D eigenvalue weighted by molar-refractivity contribution is -0.151. The molecular weight excluding hydrogens is 478 g/mol. The van der Waals surface area contributed by atoms with E-state index in [4.69, 9.17) is 0 Å². The number of hydrazine groups is 1. The predicted molar refractivity (Wildman–Crippen MR) is 150 cm³/mol. The van der Waals surface area contributed by atoms with Crippen molar-refractivity contribution in [1.82, 2.24) is 30.0 Å². The van der Waals surface area contributed by atoms with Gasteiger partial charge in [-0.05, 0) is 35.2 Å². The molecule has 2 aromatic carbocycles. The number of anilines is 1. The van der Waals surface area contributed by atoms with Crippen LogP contribution in [0.5, 0.6) is 0 Å². The Morgan fingerprint density at radius 2 is 1.76 bits per heavy atom. The third-order valence-electron chi connectivity index (χ3n) is 6.93. The molecule has 3 aromatic rings. The first-order chi connectivity index (χ1) is 18.2. The molecule has 2 heterocycles. The van der Waals surface area contributed by atoms with Crippen LogP contribution in [0.25, 0.3) is 11.1 Å². The van der Waals surface area contributed by atoms with E-state index in [1.807, 2.05) is 61.7 Å². The molecule has 1 aromatic heterocycles. The van der Waals surface area contributed by atoms with E-state index in [1.54, 1.807) is 21.6 Å². The molecule has 9 nitrogen and oxygen atoms in total. The molecule has 0 saturated heterocycles. The number of carbonyl (C=O) groups excluding carboxylic acids is 2. The zero-order valence-corrected chi connectivity index (χ0v) is 23.1. The fourth-order valence-electron chi connectivity index (χ4n) is 4.58. The quantitative estimate of drug-likeness (QED) is 0.407. The molecule has 202 valence electrons. The number of carbonyl (C=O) groups is 2. The maximum absolute atomic E-state index is 13.4. The van der Waals surface area contributed by atoms with Crippen LogP contribution in [0, 0.1) is 6.92 Å². The molecule has 0 unspecified atom stereocenters. The molecule has 2 amide bonds. The van der Waals surface area contributed by atoms with Gasteiger partial charge in [0.15, 0.2) is 0 Å². The highest BCUT2D eigenvalue weighted by molar-refractivity contribution is 5.87. The van der Waals surface area contributed by atoms with Gasteiger partial charge in [0, 0.05) is 63.8 Å². The van der Waals surface area contributed by atoms with Gasteiger partial charge in [-0.3, -0.25) is 19.3 Å². The highest BCUT2D eigenvalue weighted by Gasteiger charge is 2.27. The molecule has 0 atom stereocenters. The third kappa shape index (κ3) is 6.79. The SMILES string of the molecule is Cc1ccc(-c2cnn(C)c2)cc1NCC(=O)N(CCNC(C)C)CC(=O)N(C)N1Cc2ccccc2C1. The van der Waals surface area contributed by atoms with Crippen LogP contribution in [0.4, 0.5) is 5.69 Å². The number of amides is 2. The van der Waals surface area contributed by atoms with Gasteiger partial charge in [-0.2, -0.15) is 5.10 Å². The van der Waals surface area contributed by atoms with Crippen molar-refractivity contribution in [2.75, 3.05) is 38.5 Å². The summed E-state index contributed by atoms with van der Waals surface area (Å²) >= 11 is 0. The number of fused-ring (bicyclic) bond motifs is 1. The summed E-state index contributed by atoms with van der Waals surface area (Å²) in [6.07, 6.45) is 3.79. The van der Waals surface area contributed by atoms with E-state index in [0.717, 1.165) is 22.4 Å². The Hall–Kier alpha value is -3.69. The van der Waals surface area contributed by atoms with Gasteiger partial charge in [-0.15, -0.1) is 0 Å². The summed E-state index contributed by atoms with van der Waals surface area (Å²) in [5, 5.41) is 14.6. The molecule has 0 bridgehead atoms. The average molecular weight is 518 g/mol. The average Bonchev–Trinajstić information content (AvgIpc) is 3.53. The Balaban J connectivity index is 1.40. The Morgan fingerprint density at radius 1 is 1.05 bits per heavy atom. The minimum absolute atomic E-state index is 0.0261. The van der Waals surface area contributed by atoms with E-state index in [-0.39, 0.29) is 24.9 Å². The lowest BCUT2D eigenvalue weighted by Crippen LogP contribution is -2.49. The molecule has 0 aliphatic carbocycles. The van der Waals surface area contributed by atoms with Crippen molar-refractivity contribution < 1.29 is 9.59 Å². The van der Waals surface area contributed by atoms with Crippen LogP contribution in [-0.2, 0) is 29.7 Å². The van der Waals surface area contributed by atoms with Crippen molar-refractivity contribution in [2.45, 2.75) is 39.9 Å². The molecule has 1 aliphatic heterocycles. The Morgan fingerprint density at radius 3 is 2.39 bits per heavy atom. The van der Waals surface area contributed by atoms with E-state index in [9.17, 15) is 9.59 Å². The largest absolute Gasteiger partial charge is 0.376 e. The summed E-state index contributed by atoms with van der Waals surface area (Å²) in [4.78, 5) is 28.3. The van der Waals surface area contributed by atoms with Crippen molar-refractivity contribution in [3.8, 4) is 11.1 Å². The fourth-order valence-corrected chi connectivity index (χ4v) is 4.58. The monoisotopic (exact) mass is 517 g/mol. The normalized spacial score (nSPS) is 13.0. The van der Waals surface area contributed by atoms with Crippen LogP contribution < -0.4 is 10.6 Å². The number of hydrogen-bond donors (Lipinski definition) is 2. The van der Waals surface area contributed by atoms with Crippen LogP contribution in [0.1, 0.15) is 30.5 Å². The van der Waals surface area contributed by atoms with Gasteiger partial charge in [-0.25, -0.2) is 5.01 Å². The molecule has 4 rings (SSSR count). The van der Waals surface area contributed by atoms with Gasteiger partial charge in [-0.1, -0.05) is 50.2 Å². The number of rotatable bonds is 11. The number of aromatic nitrogens is 2. The van der Waals surface area contributed by atoms with Crippen LogP contribution in [0.15, 0.2) is 54.9 Å². The van der Waals surface area contributed by atoms with E-state index >= 15 is 0 Å². The van der Waals surface area contributed by atoms with E-state index < -0.39 is 0 Å². The summed E-state index contributed by atoms with van der Waals surface area (Å²) in [6.45, 7) is 8.72. The van der Waals surface area contributed by atoms with Crippen molar-refractivity contribution >= 4 is 17.5 Å². The second-order valence-corrected chi connectivity index (χ2v) is 10.2. The van der Waals surface area contributed by atoms with Crippen molar-refractivity contribution in [3.05, 3.63) is 71.5 Å². The second kappa shape index (κ2) is 12.2. The number of hydrogen-bond acceptors (Lipinski definition) is 6. The minimum atomic E-state index is -0.117. The molecule has 2 N–H and O–H groups in total. The Bertz CT molecular complexity index is 1240. The van der Waals surface area contributed by atoms with Gasteiger partial charge in [0.2, 0.25) is 5.91 Å². The van der Waals surface area contributed by atoms with Crippen LogP contribution in [0.3, 0.4) is 0 Å². The predicted octanol–water partition coefficient (Wildman–Crippen LogP) is 3.02. The fraction of sp³-hybridized carbons (Fsp3) is 0.414. The third-order valence-corrected chi connectivity index (χ3v) is 6.93. The summed E-state index contributed by atoms with van der Waals surface area (Å²) in [5.74, 6) is -0.223. The first-order valence-corrected chi connectivity index (χ1v) is 13.1. The summed E-state index contributed by atoms with van der Waals surface area (Å²) < 4.78 is 1.77. The standard InChI is InChI=1S/C29H39N7O2/c1-21(2)30-12-13-35(20-29(38)34(5)36-18-24-8-6-7-9-25(24)19-36)28(37)16-31-27-14-23(11-10-22(27)3)26-15-32-33(4)17-26/h6-11,14-15,17,21,30-31H,12-13,16,18-20H2,1-5H3.